The largest absolute Gasteiger partial charge is 0.463 e. The molecule has 1 fully saturated rings. The minimum absolute atomic E-state index is 0.0779. The minimum Gasteiger partial charge on any atom is -0.463 e. The summed E-state index contributed by atoms with van der Waals surface area (Å²) in [5, 5.41) is 0. The highest BCUT2D eigenvalue weighted by atomic mass is 32.2. The number of benzene rings is 1. The smallest absolute Gasteiger partial charge is 0.303 e. The van der Waals surface area contributed by atoms with Crippen molar-refractivity contribution in [3.63, 3.8) is 0 Å². The molecule has 1 aliphatic heterocycles. The molecular formula is C21H29NO8S. The Bertz CT molecular complexity index is 881. The molecule has 0 aliphatic carbocycles. The lowest BCUT2D eigenvalue weighted by Gasteiger charge is -2.40. The SMILES string of the molecule is C/C=C/CO[C@@H]1C[C@H](NS(=O)(=O)c2ccc(C)cc2)[C@H](OC(C)=O)[C@@H](COC(C)=O)O1. The maximum atomic E-state index is 13.0. The van der Waals surface area contributed by atoms with Crippen molar-refractivity contribution in [1.82, 2.24) is 4.72 Å². The highest BCUT2D eigenvalue weighted by Crippen LogP contribution is 2.26. The fourth-order valence-electron chi connectivity index (χ4n) is 3.08. The number of sulfonamides is 1. The number of carbonyl (C=O) groups excluding carboxylic acids is 2. The summed E-state index contributed by atoms with van der Waals surface area (Å²) in [6.07, 6.45) is 0.944. The number of ether oxygens (including phenoxy) is 4. The number of nitrogens with one attached hydrogen (secondary N) is 1. The molecule has 1 aromatic rings. The van der Waals surface area contributed by atoms with Crippen LogP contribution in [-0.2, 0) is 38.6 Å². The molecule has 9 nitrogen and oxygen atoms in total. The Hall–Kier alpha value is -2.27. The third-order valence-electron chi connectivity index (χ3n) is 4.54. The van der Waals surface area contributed by atoms with Crippen LogP contribution in [0.3, 0.4) is 0 Å². The first kappa shape index (κ1) is 25.0. The van der Waals surface area contributed by atoms with E-state index in [9.17, 15) is 18.0 Å². The predicted molar refractivity (Wildman–Crippen MR) is 112 cm³/mol. The van der Waals surface area contributed by atoms with Crippen LogP contribution in [0.1, 0.15) is 32.8 Å². The summed E-state index contributed by atoms with van der Waals surface area (Å²) in [6, 6.07) is 5.51. The van der Waals surface area contributed by atoms with Gasteiger partial charge in [-0.15, -0.1) is 0 Å². The monoisotopic (exact) mass is 455 g/mol. The Morgan fingerprint density at radius 2 is 1.87 bits per heavy atom. The van der Waals surface area contributed by atoms with Crippen molar-refractivity contribution in [3.05, 3.63) is 42.0 Å². The molecule has 1 saturated heterocycles. The topological polar surface area (TPSA) is 117 Å². The summed E-state index contributed by atoms with van der Waals surface area (Å²) in [4.78, 5) is 23.1. The molecule has 1 aliphatic rings. The van der Waals surface area contributed by atoms with E-state index in [1.54, 1.807) is 24.3 Å². The first-order chi connectivity index (χ1) is 14.6. The van der Waals surface area contributed by atoms with E-state index in [0.29, 0.717) is 0 Å². The molecule has 1 heterocycles. The van der Waals surface area contributed by atoms with Gasteiger partial charge in [0.25, 0.3) is 0 Å². The summed E-state index contributed by atoms with van der Waals surface area (Å²) >= 11 is 0. The number of rotatable bonds is 9. The summed E-state index contributed by atoms with van der Waals surface area (Å²) in [5.41, 5.74) is 0.918. The molecule has 0 amide bonds. The van der Waals surface area contributed by atoms with E-state index >= 15 is 0 Å². The average Bonchev–Trinajstić information content (AvgIpc) is 2.68. The first-order valence-electron chi connectivity index (χ1n) is 9.90. The van der Waals surface area contributed by atoms with Gasteiger partial charge < -0.3 is 18.9 Å². The number of aryl methyl sites for hydroxylation is 1. The number of hydrogen-bond donors (Lipinski definition) is 1. The predicted octanol–water partition coefficient (Wildman–Crippen LogP) is 1.84. The molecule has 2 rings (SSSR count). The van der Waals surface area contributed by atoms with Crippen molar-refractivity contribution >= 4 is 22.0 Å². The van der Waals surface area contributed by atoms with Gasteiger partial charge in [-0.25, -0.2) is 13.1 Å². The lowest BCUT2D eigenvalue weighted by atomic mass is 9.99. The van der Waals surface area contributed by atoms with Gasteiger partial charge in [-0.2, -0.15) is 0 Å². The molecule has 172 valence electrons. The molecule has 0 bridgehead atoms. The van der Waals surface area contributed by atoms with Crippen LogP contribution in [0, 0.1) is 6.92 Å². The van der Waals surface area contributed by atoms with Crippen molar-refractivity contribution in [2.75, 3.05) is 13.2 Å². The molecule has 0 aromatic heterocycles. The second kappa shape index (κ2) is 11.4. The van der Waals surface area contributed by atoms with Crippen LogP contribution in [0.25, 0.3) is 0 Å². The van der Waals surface area contributed by atoms with E-state index in [-0.39, 0.29) is 24.5 Å². The molecule has 0 spiro atoms. The second-order valence-corrected chi connectivity index (χ2v) is 8.87. The van der Waals surface area contributed by atoms with E-state index in [1.165, 1.54) is 26.0 Å². The number of esters is 2. The van der Waals surface area contributed by atoms with Gasteiger partial charge in [0.05, 0.1) is 17.5 Å². The van der Waals surface area contributed by atoms with Crippen LogP contribution in [-0.4, -0.2) is 58.1 Å². The molecule has 1 aromatic carbocycles. The van der Waals surface area contributed by atoms with Crippen LogP contribution in [0.5, 0.6) is 0 Å². The number of hydrogen-bond acceptors (Lipinski definition) is 8. The Labute approximate surface area is 182 Å². The number of allylic oxidation sites excluding steroid dienone is 1. The lowest BCUT2D eigenvalue weighted by Crippen LogP contribution is -2.58. The van der Waals surface area contributed by atoms with Crippen molar-refractivity contribution in [1.29, 1.82) is 0 Å². The average molecular weight is 456 g/mol. The lowest BCUT2D eigenvalue weighted by molar-refractivity contribution is -0.240. The Kier molecular flexibility index (Phi) is 9.17. The summed E-state index contributed by atoms with van der Waals surface area (Å²) in [6.45, 7) is 6.16. The van der Waals surface area contributed by atoms with Crippen molar-refractivity contribution in [3.8, 4) is 0 Å². The second-order valence-electron chi connectivity index (χ2n) is 7.16. The molecule has 31 heavy (non-hydrogen) atoms. The minimum atomic E-state index is -3.92. The molecule has 0 radical (unpaired) electrons. The van der Waals surface area contributed by atoms with E-state index in [2.05, 4.69) is 4.72 Å². The molecule has 10 heteroatoms. The molecule has 4 atom stereocenters. The van der Waals surface area contributed by atoms with Crippen LogP contribution in [0.2, 0.25) is 0 Å². The van der Waals surface area contributed by atoms with Gasteiger partial charge >= 0.3 is 11.9 Å². The van der Waals surface area contributed by atoms with Gasteiger partial charge in [-0.3, -0.25) is 9.59 Å². The highest BCUT2D eigenvalue weighted by Gasteiger charge is 2.44. The zero-order chi connectivity index (χ0) is 23.0. The van der Waals surface area contributed by atoms with Gasteiger partial charge in [0.2, 0.25) is 10.0 Å². The van der Waals surface area contributed by atoms with Crippen molar-refractivity contribution < 1.29 is 37.0 Å². The third kappa shape index (κ3) is 7.73. The summed E-state index contributed by atoms with van der Waals surface area (Å²) < 4.78 is 50.4. The van der Waals surface area contributed by atoms with Crippen molar-refractivity contribution in [2.24, 2.45) is 0 Å². The Balaban J connectivity index is 2.30. The molecule has 0 saturated carbocycles. The fourth-order valence-corrected chi connectivity index (χ4v) is 4.34. The zero-order valence-electron chi connectivity index (χ0n) is 18.1. The van der Waals surface area contributed by atoms with E-state index in [1.807, 2.05) is 13.8 Å². The standard InChI is InChI=1S/C21H29NO8S/c1-5-6-11-27-20-12-18(22-31(25,26)17-9-7-14(2)8-10-17)21(29-16(4)24)19(30-20)13-28-15(3)23/h5-10,18-22H,11-13H2,1-4H3/b6-5+/t18-,19+,20-,21-/m0/s1. The molecule has 1 N–H and O–H groups in total. The Morgan fingerprint density at radius 1 is 1.19 bits per heavy atom. The van der Waals surface area contributed by atoms with Crippen LogP contribution < -0.4 is 4.72 Å². The first-order valence-corrected chi connectivity index (χ1v) is 11.4. The maximum absolute atomic E-state index is 13.0. The zero-order valence-corrected chi connectivity index (χ0v) is 18.9. The maximum Gasteiger partial charge on any atom is 0.303 e. The van der Waals surface area contributed by atoms with E-state index < -0.39 is 46.5 Å². The Morgan fingerprint density at radius 3 is 2.45 bits per heavy atom. The third-order valence-corrected chi connectivity index (χ3v) is 6.05. The van der Waals surface area contributed by atoms with E-state index in [4.69, 9.17) is 18.9 Å². The van der Waals surface area contributed by atoms with Crippen LogP contribution in [0.4, 0.5) is 0 Å². The van der Waals surface area contributed by atoms with Gasteiger partial charge in [0.15, 0.2) is 6.29 Å². The van der Waals surface area contributed by atoms with Gasteiger partial charge in [-0.05, 0) is 26.0 Å². The van der Waals surface area contributed by atoms with E-state index in [0.717, 1.165) is 5.56 Å². The molecule has 0 unspecified atom stereocenters. The number of carbonyl (C=O) groups is 2. The van der Waals surface area contributed by atoms with Crippen LogP contribution >= 0.6 is 0 Å². The normalized spacial score (nSPS) is 24.1. The quantitative estimate of drug-likeness (QED) is 0.443. The fraction of sp³-hybridized carbons (Fsp3) is 0.524. The van der Waals surface area contributed by atoms with Crippen molar-refractivity contribution in [2.45, 2.75) is 63.6 Å². The van der Waals surface area contributed by atoms with Crippen LogP contribution in [0.15, 0.2) is 41.3 Å². The van der Waals surface area contributed by atoms with Gasteiger partial charge in [0, 0.05) is 20.3 Å². The molecular weight excluding hydrogens is 426 g/mol. The van der Waals surface area contributed by atoms with Gasteiger partial charge in [0.1, 0.15) is 18.8 Å². The highest BCUT2D eigenvalue weighted by molar-refractivity contribution is 7.89. The van der Waals surface area contributed by atoms with Gasteiger partial charge in [-0.1, -0.05) is 29.8 Å². The summed E-state index contributed by atoms with van der Waals surface area (Å²) in [7, 11) is -3.92. The summed E-state index contributed by atoms with van der Waals surface area (Å²) in [5.74, 6) is -1.16.